The molecule has 156 valence electrons. The summed E-state index contributed by atoms with van der Waals surface area (Å²) in [6, 6.07) is 6.60. The van der Waals surface area contributed by atoms with Crippen molar-refractivity contribution in [2.75, 3.05) is 18.5 Å². The number of nitrogens with zero attached hydrogens (tertiary/aromatic N) is 3. The number of amides is 1. The van der Waals surface area contributed by atoms with Crippen LogP contribution in [0.1, 0.15) is 66.7 Å². The Bertz CT molecular complexity index is 860. The minimum absolute atomic E-state index is 0.0963. The highest BCUT2D eigenvalue weighted by Crippen LogP contribution is 2.20. The minimum atomic E-state index is -0.865. The normalized spacial score (nSPS) is 11.6. The van der Waals surface area contributed by atoms with Gasteiger partial charge in [0.05, 0.1) is 13.2 Å². The lowest BCUT2D eigenvalue weighted by atomic mass is 10.1. The maximum atomic E-state index is 12.9. The molecule has 0 aliphatic rings. The molecule has 0 aliphatic carbocycles. The van der Waals surface area contributed by atoms with E-state index in [-0.39, 0.29) is 30.5 Å². The van der Waals surface area contributed by atoms with Crippen molar-refractivity contribution in [1.82, 2.24) is 15.0 Å². The van der Waals surface area contributed by atoms with Crippen molar-refractivity contribution in [2.24, 2.45) is 0 Å². The van der Waals surface area contributed by atoms with E-state index in [0.29, 0.717) is 12.1 Å². The van der Waals surface area contributed by atoms with Crippen molar-refractivity contribution in [1.29, 1.82) is 0 Å². The van der Waals surface area contributed by atoms with Crippen molar-refractivity contribution in [3.63, 3.8) is 0 Å². The fourth-order valence-electron chi connectivity index (χ4n) is 2.76. The van der Waals surface area contributed by atoms with Gasteiger partial charge in [-0.15, -0.1) is 5.10 Å². The lowest BCUT2D eigenvalue weighted by Crippen LogP contribution is -2.29. The summed E-state index contributed by atoms with van der Waals surface area (Å²) in [7, 11) is 0. The first-order valence-corrected chi connectivity index (χ1v) is 9.65. The van der Waals surface area contributed by atoms with Crippen LogP contribution in [-0.2, 0) is 20.7 Å². The highest BCUT2D eigenvalue weighted by Gasteiger charge is 2.33. The zero-order valence-corrected chi connectivity index (χ0v) is 17.1. The Morgan fingerprint density at radius 2 is 1.62 bits per heavy atom. The van der Waals surface area contributed by atoms with Gasteiger partial charge in [0.2, 0.25) is 11.6 Å². The molecule has 1 N–H and O–H groups in total. The largest absolute Gasteiger partial charge is 0.461 e. The second kappa shape index (κ2) is 10.4. The molecule has 0 saturated heterocycles. The number of rotatable bonds is 9. The van der Waals surface area contributed by atoms with Crippen LogP contribution in [-0.4, -0.2) is 46.1 Å². The lowest BCUT2D eigenvalue weighted by molar-refractivity contribution is -0.119. The summed E-state index contributed by atoms with van der Waals surface area (Å²) in [6.45, 7) is 7.30. The molecule has 1 heterocycles. The zero-order chi connectivity index (χ0) is 21.4. The molecule has 0 bridgehead atoms. The Morgan fingerprint density at radius 1 is 1.00 bits per heavy atom. The molecule has 0 unspecified atom stereocenters. The number of carbonyl (C=O) groups excluding carboxylic acids is 3. The number of ether oxygens (including phenoxy) is 2. The van der Waals surface area contributed by atoms with Crippen LogP contribution in [0.15, 0.2) is 24.3 Å². The van der Waals surface area contributed by atoms with E-state index in [4.69, 9.17) is 9.47 Å². The van der Waals surface area contributed by atoms with Crippen LogP contribution >= 0.6 is 0 Å². The topological polar surface area (TPSA) is 112 Å². The zero-order valence-electron chi connectivity index (χ0n) is 17.1. The van der Waals surface area contributed by atoms with Crippen LogP contribution in [0.2, 0.25) is 0 Å². The number of hydrogen-bond acceptors (Lipinski definition) is 7. The van der Waals surface area contributed by atoms with Crippen molar-refractivity contribution in [3.05, 3.63) is 41.2 Å². The van der Waals surface area contributed by atoms with Crippen molar-refractivity contribution < 1.29 is 23.9 Å². The van der Waals surface area contributed by atoms with E-state index in [9.17, 15) is 14.4 Å². The molecule has 2 aromatic rings. The Morgan fingerprint density at radius 3 is 2.17 bits per heavy atom. The van der Waals surface area contributed by atoms with E-state index in [0.717, 1.165) is 16.7 Å². The monoisotopic (exact) mass is 402 g/mol. The summed E-state index contributed by atoms with van der Waals surface area (Å²) in [5.74, 6) is -1.98. The lowest BCUT2D eigenvalue weighted by Gasteiger charge is -2.17. The number of aromatic nitrogens is 3. The van der Waals surface area contributed by atoms with Crippen LogP contribution < -0.4 is 5.32 Å². The first kappa shape index (κ1) is 22.1. The van der Waals surface area contributed by atoms with Crippen LogP contribution in [0.5, 0.6) is 0 Å². The molecule has 9 heteroatoms. The molecule has 1 atom stereocenters. The van der Waals surface area contributed by atoms with E-state index in [2.05, 4.69) is 15.6 Å². The highest BCUT2D eigenvalue weighted by molar-refractivity contribution is 6.01. The van der Waals surface area contributed by atoms with Gasteiger partial charge in [-0.05, 0) is 44.4 Å². The smallest absolute Gasteiger partial charge is 0.361 e. The van der Waals surface area contributed by atoms with Gasteiger partial charge in [-0.1, -0.05) is 31.2 Å². The fraction of sp³-hybridized carbons (Fsp3) is 0.450. The summed E-state index contributed by atoms with van der Waals surface area (Å²) >= 11 is 0. The predicted octanol–water partition coefficient (Wildman–Crippen LogP) is 2.78. The van der Waals surface area contributed by atoms with Crippen molar-refractivity contribution in [3.8, 4) is 0 Å². The highest BCUT2D eigenvalue weighted by atomic mass is 16.5. The van der Waals surface area contributed by atoms with E-state index in [1.807, 2.05) is 19.1 Å². The van der Waals surface area contributed by atoms with E-state index >= 15 is 0 Å². The molecule has 0 fully saturated rings. The van der Waals surface area contributed by atoms with Crippen LogP contribution in [0, 0.1) is 0 Å². The maximum Gasteiger partial charge on any atom is 0.361 e. The number of esters is 2. The van der Waals surface area contributed by atoms with Gasteiger partial charge in [0, 0.05) is 5.69 Å². The van der Waals surface area contributed by atoms with Gasteiger partial charge in [0.15, 0.2) is 5.69 Å². The van der Waals surface area contributed by atoms with Crippen LogP contribution in [0.3, 0.4) is 0 Å². The molecule has 1 aromatic heterocycles. The van der Waals surface area contributed by atoms with Crippen LogP contribution in [0.25, 0.3) is 0 Å². The Balaban J connectivity index is 2.36. The molecular formula is C20H26N4O5. The van der Waals surface area contributed by atoms with Gasteiger partial charge in [0.1, 0.15) is 6.04 Å². The Hall–Kier alpha value is -3.23. The molecule has 2 rings (SSSR count). The molecule has 1 amide bonds. The molecule has 0 saturated carbocycles. The third-order valence-electron chi connectivity index (χ3n) is 4.25. The van der Waals surface area contributed by atoms with Crippen LogP contribution in [0.4, 0.5) is 5.69 Å². The van der Waals surface area contributed by atoms with E-state index < -0.39 is 18.0 Å². The van der Waals surface area contributed by atoms with Gasteiger partial charge >= 0.3 is 11.9 Å². The van der Waals surface area contributed by atoms with Gasteiger partial charge in [-0.25, -0.2) is 14.3 Å². The summed E-state index contributed by atoms with van der Waals surface area (Å²) in [5.41, 5.74) is 1.29. The fourth-order valence-corrected chi connectivity index (χ4v) is 2.76. The first-order valence-electron chi connectivity index (χ1n) is 9.65. The number of anilines is 1. The van der Waals surface area contributed by atoms with Gasteiger partial charge in [-0.3, -0.25) is 4.79 Å². The number of benzene rings is 1. The quantitative estimate of drug-likeness (QED) is 0.642. The van der Waals surface area contributed by atoms with Gasteiger partial charge < -0.3 is 14.8 Å². The summed E-state index contributed by atoms with van der Waals surface area (Å²) in [6.07, 6.45) is 1.21. The molecule has 29 heavy (non-hydrogen) atoms. The maximum absolute atomic E-state index is 12.9. The van der Waals surface area contributed by atoms with E-state index in [1.165, 1.54) is 0 Å². The summed E-state index contributed by atoms with van der Waals surface area (Å²) in [5, 5.41) is 10.5. The minimum Gasteiger partial charge on any atom is -0.461 e. The molecule has 0 aliphatic heterocycles. The average Bonchev–Trinajstić information content (AvgIpc) is 3.14. The Kier molecular flexibility index (Phi) is 7.88. The van der Waals surface area contributed by atoms with Gasteiger partial charge in [-0.2, -0.15) is 0 Å². The number of carbonyl (C=O) groups is 3. The molecular weight excluding hydrogens is 376 g/mol. The number of nitrogens with one attached hydrogen (secondary N) is 1. The first-order chi connectivity index (χ1) is 14.0. The third-order valence-corrected chi connectivity index (χ3v) is 4.25. The second-order valence-corrected chi connectivity index (χ2v) is 6.14. The average molecular weight is 402 g/mol. The third kappa shape index (κ3) is 5.18. The Labute approximate surface area is 169 Å². The van der Waals surface area contributed by atoms with Crippen molar-refractivity contribution >= 4 is 23.5 Å². The molecule has 0 spiro atoms. The van der Waals surface area contributed by atoms with Gasteiger partial charge in [0.25, 0.3) is 0 Å². The standard InChI is InChI=1S/C20H26N4O5/c1-5-13-9-11-14(12-10-13)21-18(25)15(6-2)24-17(20(27)29-8-4)16(22-23-24)19(26)28-7-3/h9-12,15H,5-8H2,1-4H3,(H,21,25)/t15-/m1/s1. The number of hydrogen-bond donors (Lipinski definition) is 1. The summed E-state index contributed by atoms with van der Waals surface area (Å²) in [4.78, 5) is 37.5. The SMILES string of the molecule is CCOC(=O)c1nnn([C@H](CC)C(=O)Nc2ccc(CC)cc2)c1C(=O)OCC. The molecule has 0 radical (unpaired) electrons. The molecule has 1 aromatic carbocycles. The summed E-state index contributed by atoms with van der Waals surface area (Å²) < 4.78 is 11.1. The van der Waals surface area contributed by atoms with Crippen molar-refractivity contribution in [2.45, 2.75) is 46.6 Å². The second-order valence-electron chi connectivity index (χ2n) is 6.14. The van der Waals surface area contributed by atoms with E-state index in [1.54, 1.807) is 32.9 Å². The molecule has 9 nitrogen and oxygen atoms in total. The predicted molar refractivity (Wildman–Crippen MR) is 106 cm³/mol. The number of aryl methyl sites for hydroxylation is 1.